The molecule has 0 aliphatic heterocycles. The van der Waals surface area contributed by atoms with Crippen molar-refractivity contribution < 1.29 is 18.9 Å². The van der Waals surface area contributed by atoms with E-state index in [9.17, 15) is 0 Å². The molecule has 0 aliphatic rings. The number of hydrogen-bond acceptors (Lipinski definition) is 5. The Morgan fingerprint density at radius 1 is 1.10 bits per heavy atom. The van der Waals surface area contributed by atoms with Crippen molar-refractivity contribution in [2.45, 2.75) is 13.0 Å². The second-order valence-electron chi connectivity index (χ2n) is 4.45. The summed E-state index contributed by atoms with van der Waals surface area (Å²) in [5.41, 5.74) is 7.03. The highest BCUT2D eigenvalue weighted by Gasteiger charge is 2.06. The predicted octanol–water partition coefficient (Wildman–Crippen LogP) is 1.55. The van der Waals surface area contributed by atoms with Gasteiger partial charge in [-0.05, 0) is 24.6 Å². The minimum atomic E-state index is 0.0328. The highest BCUT2D eigenvalue weighted by atomic mass is 16.5. The van der Waals surface area contributed by atoms with Crippen molar-refractivity contribution in [1.82, 2.24) is 0 Å². The second kappa shape index (κ2) is 10.1. The van der Waals surface area contributed by atoms with Crippen LogP contribution in [0.1, 0.15) is 17.5 Å². The van der Waals surface area contributed by atoms with E-state index in [-0.39, 0.29) is 5.84 Å². The Bertz CT molecular complexity index is 438. The van der Waals surface area contributed by atoms with E-state index in [1.165, 1.54) is 0 Å². The summed E-state index contributed by atoms with van der Waals surface area (Å²) < 4.78 is 21.1. The number of methoxy groups -OCH3 is 2. The summed E-state index contributed by atoms with van der Waals surface area (Å²) in [5, 5.41) is 7.45. The zero-order valence-corrected chi connectivity index (χ0v) is 12.7. The average Bonchev–Trinajstić information content (AvgIpc) is 2.49. The summed E-state index contributed by atoms with van der Waals surface area (Å²) in [4.78, 5) is 0. The monoisotopic (exact) mass is 296 g/mol. The first kappa shape index (κ1) is 17.4. The van der Waals surface area contributed by atoms with E-state index in [1.807, 2.05) is 6.07 Å². The maximum absolute atomic E-state index is 7.45. The molecule has 0 spiro atoms. The molecular weight excluding hydrogens is 272 g/mol. The third kappa shape index (κ3) is 6.57. The van der Waals surface area contributed by atoms with E-state index in [4.69, 9.17) is 30.1 Å². The first-order valence-corrected chi connectivity index (χ1v) is 6.84. The van der Waals surface area contributed by atoms with E-state index in [1.54, 1.807) is 26.4 Å². The van der Waals surface area contributed by atoms with E-state index in [2.05, 4.69) is 0 Å². The Balaban J connectivity index is 2.33. The lowest BCUT2D eigenvalue weighted by Crippen LogP contribution is -2.12. The minimum Gasteiger partial charge on any atom is -0.496 e. The van der Waals surface area contributed by atoms with Gasteiger partial charge in [0.15, 0.2) is 0 Å². The number of nitrogen functional groups attached to an aromatic ring is 1. The van der Waals surface area contributed by atoms with E-state index in [0.717, 1.165) is 17.7 Å². The first-order chi connectivity index (χ1) is 10.2. The summed E-state index contributed by atoms with van der Waals surface area (Å²) in [7, 11) is 3.25. The van der Waals surface area contributed by atoms with Crippen LogP contribution in [-0.4, -0.2) is 46.5 Å². The van der Waals surface area contributed by atoms with E-state index < -0.39 is 0 Å². The van der Waals surface area contributed by atoms with Gasteiger partial charge in [-0.1, -0.05) is 0 Å². The van der Waals surface area contributed by atoms with E-state index >= 15 is 0 Å². The fourth-order valence-electron chi connectivity index (χ4n) is 1.75. The molecule has 3 N–H and O–H groups in total. The van der Waals surface area contributed by atoms with Crippen molar-refractivity contribution >= 4 is 5.84 Å². The number of nitrogens with one attached hydrogen (secondary N) is 1. The van der Waals surface area contributed by atoms with Crippen molar-refractivity contribution in [3.05, 3.63) is 29.3 Å². The summed E-state index contributed by atoms with van der Waals surface area (Å²) >= 11 is 0. The SMILES string of the molecule is COCCOCCCOCc1cc(C(=N)N)ccc1OC. The quantitative estimate of drug-likeness (QED) is 0.367. The van der Waals surface area contributed by atoms with Gasteiger partial charge in [-0.3, -0.25) is 5.41 Å². The van der Waals surface area contributed by atoms with Gasteiger partial charge < -0.3 is 24.7 Å². The molecule has 0 bridgehead atoms. The van der Waals surface area contributed by atoms with Crippen molar-refractivity contribution in [3.8, 4) is 5.75 Å². The largest absolute Gasteiger partial charge is 0.496 e. The van der Waals surface area contributed by atoms with Crippen molar-refractivity contribution in [3.63, 3.8) is 0 Å². The van der Waals surface area contributed by atoms with Gasteiger partial charge in [0.25, 0.3) is 0 Å². The Hall–Kier alpha value is -1.63. The van der Waals surface area contributed by atoms with Gasteiger partial charge in [0.2, 0.25) is 0 Å². The van der Waals surface area contributed by atoms with Crippen LogP contribution in [0.2, 0.25) is 0 Å². The highest BCUT2D eigenvalue weighted by molar-refractivity contribution is 5.95. The Labute approximate surface area is 125 Å². The molecule has 6 heteroatoms. The van der Waals surface area contributed by atoms with Crippen LogP contribution in [0.25, 0.3) is 0 Å². The van der Waals surface area contributed by atoms with Gasteiger partial charge in [0, 0.05) is 31.5 Å². The van der Waals surface area contributed by atoms with Gasteiger partial charge in [0.1, 0.15) is 11.6 Å². The number of ether oxygens (including phenoxy) is 4. The van der Waals surface area contributed by atoms with Crippen molar-refractivity contribution in [2.24, 2.45) is 5.73 Å². The number of amidine groups is 1. The maximum Gasteiger partial charge on any atom is 0.124 e. The van der Waals surface area contributed by atoms with E-state index in [0.29, 0.717) is 38.6 Å². The normalized spacial score (nSPS) is 10.6. The standard InChI is InChI=1S/C15H24N2O4/c1-18-8-9-20-6-3-7-21-11-13-10-12(15(16)17)4-5-14(13)19-2/h4-5,10H,3,6-9,11H2,1-2H3,(H3,16,17). The van der Waals surface area contributed by atoms with Crippen LogP contribution in [0.5, 0.6) is 5.75 Å². The summed E-state index contributed by atoms with van der Waals surface area (Å²) in [6, 6.07) is 5.37. The highest BCUT2D eigenvalue weighted by Crippen LogP contribution is 2.20. The molecule has 0 aliphatic carbocycles. The van der Waals surface area contributed by atoms with Gasteiger partial charge in [-0.2, -0.15) is 0 Å². The number of benzene rings is 1. The molecule has 1 rings (SSSR count). The van der Waals surface area contributed by atoms with Crippen molar-refractivity contribution in [2.75, 3.05) is 40.6 Å². The first-order valence-electron chi connectivity index (χ1n) is 6.84. The molecule has 0 saturated carbocycles. The molecule has 1 aromatic carbocycles. The molecule has 0 amide bonds. The Morgan fingerprint density at radius 3 is 2.52 bits per heavy atom. The summed E-state index contributed by atoms with van der Waals surface area (Å²) in [6.45, 7) is 2.87. The molecule has 0 fully saturated rings. The molecule has 21 heavy (non-hydrogen) atoms. The zero-order valence-electron chi connectivity index (χ0n) is 12.7. The van der Waals surface area contributed by atoms with Crippen LogP contribution in [-0.2, 0) is 20.8 Å². The Morgan fingerprint density at radius 2 is 1.86 bits per heavy atom. The predicted molar refractivity (Wildman–Crippen MR) is 81.0 cm³/mol. The molecule has 0 heterocycles. The fourth-order valence-corrected chi connectivity index (χ4v) is 1.75. The van der Waals surface area contributed by atoms with Crippen LogP contribution in [0.15, 0.2) is 18.2 Å². The van der Waals surface area contributed by atoms with Gasteiger partial charge in [0.05, 0.1) is 26.9 Å². The van der Waals surface area contributed by atoms with Crippen LogP contribution in [0.3, 0.4) is 0 Å². The zero-order chi connectivity index (χ0) is 15.5. The molecule has 0 radical (unpaired) electrons. The molecular formula is C15H24N2O4. The molecule has 0 unspecified atom stereocenters. The van der Waals surface area contributed by atoms with Gasteiger partial charge >= 0.3 is 0 Å². The lowest BCUT2D eigenvalue weighted by Gasteiger charge is -2.11. The molecule has 6 nitrogen and oxygen atoms in total. The van der Waals surface area contributed by atoms with Crippen LogP contribution >= 0.6 is 0 Å². The lowest BCUT2D eigenvalue weighted by molar-refractivity contribution is 0.0480. The number of nitrogens with two attached hydrogens (primary N) is 1. The summed E-state index contributed by atoms with van der Waals surface area (Å²) in [6.07, 6.45) is 0.818. The topological polar surface area (TPSA) is 86.8 Å². The fraction of sp³-hybridized carbons (Fsp3) is 0.533. The van der Waals surface area contributed by atoms with Crippen LogP contribution < -0.4 is 10.5 Å². The molecule has 0 aromatic heterocycles. The van der Waals surface area contributed by atoms with Crippen LogP contribution in [0.4, 0.5) is 0 Å². The second-order valence-corrected chi connectivity index (χ2v) is 4.45. The number of hydrogen-bond donors (Lipinski definition) is 2. The third-order valence-corrected chi connectivity index (χ3v) is 2.86. The lowest BCUT2D eigenvalue weighted by atomic mass is 10.1. The third-order valence-electron chi connectivity index (χ3n) is 2.86. The molecule has 0 atom stereocenters. The summed E-state index contributed by atoms with van der Waals surface area (Å²) in [5.74, 6) is 0.766. The smallest absolute Gasteiger partial charge is 0.124 e. The average molecular weight is 296 g/mol. The van der Waals surface area contributed by atoms with Crippen molar-refractivity contribution in [1.29, 1.82) is 5.41 Å². The minimum absolute atomic E-state index is 0.0328. The number of rotatable bonds is 11. The maximum atomic E-state index is 7.45. The van der Waals surface area contributed by atoms with Crippen LogP contribution in [0, 0.1) is 5.41 Å². The molecule has 0 saturated heterocycles. The molecule has 118 valence electrons. The van der Waals surface area contributed by atoms with Gasteiger partial charge in [-0.15, -0.1) is 0 Å². The Kier molecular flexibility index (Phi) is 8.42. The van der Waals surface area contributed by atoms with Gasteiger partial charge in [-0.25, -0.2) is 0 Å². The molecule has 1 aromatic rings.